The quantitative estimate of drug-likeness (QED) is 0.788. The highest BCUT2D eigenvalue weighted by atomic mass is 79.9. The zero-order valence-corrected chi connectivity index (χ0v) is 14.3. The first kappa shape index (κ1) is 15.0. The number of carbonyl (C=O) groups excluding carboxylic acids is 1. The first-order chi connectivity index (χ1) is 10.1. The number of hydrogen-bond acceptors (Lipinski definition) is 3. The number of carbonyl (C=O) groups is 1. The van der Waals surface area contributed by atoms with Crippen LogP contribution in [-0.2, 0) is 4.74 Å². The van der Waals surface area contributed by atoms with Crippen molar-refractivity contribution in [3.63, 3.8) is 0 Å². The van der Waals surface area contributed by atoms with Gasteiger partial charge in [0.1, 0.15) is 0 Å². The normalized spacial score (nSPS) is 19.2. The van der Waals surface area contributed by atoms with Crippen molar-refractivity contribution in [1.82, 2.24) is 9.88 Å². The zero-order valence-electron chi connectivity index (χ0n) is 11.1. The van der Waals surface area contributed by atoms with Crippen LogP contribution in [-0.4, -0.2) is 53.3 Å². The van der Waals surface area contributed by atoms with Crippen LogP contribution in [0.15, 0.2) is 27.3 Å². The maximum atomic E-state index is 12.8. The Morgan fingerprint density at radius 2 is 2.19 bits per heavy atom. The summed E-state index contributed by atoms with van der Waals surface area (Å²) in [5, 5.41) is 10.3. The van der Waals surface area contributed by atoms with E-state index in [0.717, 1.165) is 19.8 Å². The van der Waals surface area contributed by atoms with Gasteiger partial charge in [-0.1, -0.05) is 0 Å². The van der Waals surface area contributed by atoms with Crippen LogP contribution in [0, 0.1) is 0 Å². The van der Waals surface area contributed by atoms with E-state index in [-0.39, 0.29) is 18.6 Å². The largest absolute Gasteiger partial charge is 0.394 e. The molecular formula is C14H14Br2N2O3. The average molecular weight is 418 g/mol. The van der Waals surface area contributed by atoms with Gasteiger partial charge in [-0.15, -0.1) is 0 Å². The Hall–Kier alpha value is -0.890. The molecule has 21 heavy (non-hydrogen) atoms. The molecule has 0 spiro atoms. The van der Waals surface area contributed by atoms with E-state index in [1.165, 1.54) is 0 Å². The summed E-state index contributed by atoms with van der Waals surface area (Å²) in [4.78, 5) is 17.6. The molecule has 1 amide bonds. The van der Waals surface area contributed by atoms with E-state index >= 15 is 0 Å². The molecule has 2 aromatic rings. The van der Waals surface area contributed by atoms with Gasteiger partial charge in [-0.2, -0.15) is 0 Å². The number of aliphatic hydroxyl groups is 1. The number of nitrogens with zero attached hydrogens (tertiary/aromatic N) is 1. The van der Waals surface area contributed by atoms with Gasteiger partial charge in [0.2, 0.25) is 0 Å². The molecule has 0 bridgehead atoms. The summed E-state index contributed by atoms with van der Waals surface area (Å²) in [5.74, 6) is -0.0853. The number of H-pyrrole nitrogens is 1. The second-order valence-electron chi connectivity index (χ2n) is 4.92. The maximum absolute atomic E-state index is 12.8. The Bertz CT molecular complexity index is 686. The van der Waals surface area contributed by atoms with Crippen molar-refractivity contribution in [2.24, 2.45) is 0 Å². The summed E-state index contributed by atoms with van der Waals surface area (Å²) in [6.07, 6.45) is 1.72. The first-order valence-electron chi connectivity index (χ1n) is 6.57. The highest BCUT2D eigenvalue weighted by Gasteiger charge is 2.29. The minimum Gasteiger partial charge on any atom is -0.394 e. The molecule has 7 heteroatoms. The van der Waals surface area contributed by atoms with Gasteiger partial charge in [0.15, 0.2) is 0 Å². The molecule has 2 N–H and O–H groups in total. The molecule has 1 aliphatic heterocycles. The third-order valence-corrected chi connectivity index (χ3v) is 5.50. The number of nitrogens with one attached hydrogen (secondary N) is 1. The zero-order chi connectivity index (χ0) is 15.0. The molecule has 1 saturated heterocycles. The second kappa shape index (κ2) is 6.08. The van der Waals surface area contributed by atoms with Crippen molar-refractivity contribution in [2.75, 3.05) is 26.4 Å². The molecule has 0 saturated carbocycles. The number of aromatic nitrogens is 1. The van der Waals surface area contributed by atoms with E-state index in [9.17, 15) is 9.90 Å². The van der Waals surface area contributed by atoms with Crippen LogP contribution in [0.25, 0.3) is 10.9 Å². The van der Waals surface area contributed by atoms with Gasteiger partial charge in [0.25, 0.3) is 5.91 Å². The standard InChI is InChI=1S/C14H14Br2N2O3/c15-11-3-9-10(5-17-13(9)4-12(11)16)14(20)18-1-2-21-7-8(18)6-19/h3-5,8,17,19H,1-2,6-7H2. The van der Waals surface area contributed by atoms with Gasteiger partial charge in [0, 0.05) is 32.6 Å². The molecule has 0 radical (unpaired) electrons. The van der Waals surface area contributed by atoms with Crippen molar-refractivity contribution in [3.8, 4) is 0 Å². The molecule has 1 aromatic carbocycles. The molecular weight excluding hydrogens is 404 g/mol. The monoisotopic (exact) mass is 416 g/mol. The van der Waals surface area contributed by atoms with Crippen LogP contribution >= 0.6 is 31.9 Å². The van der Waals surface area contributed by atoms with Crippen molar-refractivity contribution in [2.45, 2.75) is 6.04 Å². The molecule has 1 atom stereocenters. The number of benzene rings is 1. The predicted octanol–water partition coefficient (Wildman–Crippen LogP) is 2.53. The molecule has 1 aliphatic rings. The highest BCUT2D eigenvalue weighted by Crippen LogP contribution is 2.30. The van der Waals surface area contributed by atoms with Crippen molar-refractivity contribution < 1.29 is 14.6 Å². The van der Waals surface area contributed by atoms with Gasteiger partial charge in [0.05, 0.1) is 31.4 Å². The first-order valence-corrected chi connectivity index (χ1v) is 8.16. The van der Waals surface area contributed by atoms with E-state index < -0.39 is 0 Å². The molecule has 112 valence electrons. The maximum Gasteiger partial charge on any atom is 0.256 e. The van der Waals surface area contributed by atoms with Crippen LogP contribution in [0.2, 0.25) is 0 Å². The SMILES string of the molecule is O=C(c1c[nH]c2cc(Br)c(Br)cc12)N1CCOCC1CO. The number of fused-ring (bicyclic) bond motifs is 1. The second-order valence-corrected chi connectivity index (χ2v) is 6.63. The minimum atomic E-state index is -0.282. The Morgan fingerprint density at radius 3 is 2.95 bits per heavy atom. The molecule has 1 unspecified atom stereocenters. The number of hydrogen-bond donors (Lipinski definition) is 2. The van der Waals surface area contributed by atoms with E-state index in [2.05, 4.69) is 36.8 Å². The Labute approximate surface area is 138 Å². The number of amides is 1. The predicted molar refractivity (Wildman–Crippen MR) is 86.4 cm³/mol. The minimum absolute atomic E-state index is 0.0853. The number of aliphatic hydroxyl groups excluding tert-OH is 1. The lowest BCUT2D eigenvalue weighted by atomic mass is 10.1. The van der Waals surface area contributed by atoms with E-state index in [1.807, 2.05) is 12.1 Å². The summed E-state index contributed by atoms with van der Waals surface area (Å²) < 4.78 is 7.14. The molecule has 3 rings (SSSR count). The Kier molecular flexibility index (Phi) is 4.35. The van der Waals surface area contributed by atoms with Crippen molar-refractivity contribution in [1.29, 1.82) is 0 Å². The number of morpholine rings is 1. The molecule has 2 heterocycles. The fourth-order valence-corrected chi connectivity index (χ4v) is 3.21. The van der Waals surface area contributed by atoms with Crippen LogP contribution in [0.5, 0.6) is 0 Å². The summed E-state index contributed by atoms with van der Waals surface area (Å²) in [5.41, 5.74) is 1.50. The molecule has 1 fully saturated rings. The Balaban J connectivity index is 1.99. The smallest absolute Gasteiger partial charge is 0.256 e. The van der Waals surface area contributed by atoms with Crippen LogP contribution in [0.3, 0.4) is 0 Å². The van der Waals surface area contributed by atoms with Crippen LogP contribution in [0.4, 0.5) is 0 Å². The van der Waals surface area contributed by atoms with Gasteiger partial charge in [-0.25, -0.2) is 0 Å². The van der Waals surface area contributed by atoms with Gasteiger partial charge < -0.3 is 19.7 Å². The molecule has 5 nitrogen and oxygen atoms in total. The lowest BCUT2D eigenvalue weighted by Crippen LogP contribution is -2.50. The fraction of sp³-hybridized carbons (Fsp3) is 0.357. The van der Waals surface area contributed by atoms with Gasteiger partial charge in [-0.05, 0) is 44.0 Å². The van der Waals surface area contributed by atoms with Crippen molar-refractivity contribution in [3.05, 3.63) is 32.8 Å². The van der Waals surface area contributed by atoms with Gasteiger partial charge in [-0.3, -0.25) is 4.79 Å². The number of rotatable bonds is 2. The van der Waals surface area contributed by atoms with Gasteiger partial charge >= 0.3 is 0 Å². The van der Waals surface area contributed by atoms with Crippen LogP contribution in [0.1, 0.15) is 10.4 Å². The fourth-order valence-electron chi connectivity index (χ4n) is 2.52. The average Bonchev–Trinajstić information content (AvgIpc) is 2.89. The summed E-state index contributed by atoms with van der Waals surface area (Å²) in [6, 6.07) is 3.56. The topological polar surface area (TPSA) is 65.6 Å². The van der Waals surface area contributed by atoms with Crippen molar-refractivity contribution >= 4 is 48.7 Å². The van der Waals surface area contributed by atoms with Crippen LogP contribution < -0.4 is 0 Å². The van der Waals surface area contributed by atoms with E-state index in [0.29, 0.717) is 25.3 Å². The number of aromatic amines is 1. The summed E-state index contributed by atoms with van der Waals surface area (Å²) in [7, 11) is 0. The number of ether oxygens (including phenoxy) is 1. The highest BCUT2D eigenvalue weighted by molar-refractivity contribution is 9.13. The van der Waals surface area contributed by atoms with E-state index in [1.54, 1.807) is 11.1 Å². The third kappa shape index (κ3) is 2.75. The number of halogens is 2. The lowest BCUT2D eigenvalue weighted by Gasteiger charge is -2.34. The molecule has 0 aliphatic carbocycles. The van der Waals surface area contributed by atoms with E-state index in [4.69, 9.17) is 4.74 Å². The summed E-state index contributed by atoms with van der Waals surface area (Å²) in [6.45, 7) is 1.28. The summed E-state index contributed by atoms with van der Waals surface area (Å²) >= 11 is 6.91. The lowest BCUT2D eigenvalue weighted by molar-refractivity contribution is -0.0183. The Morgan fingerprint density at radius 1 is 1.43 bits per heavy atom. The molecule has 1 aromatic heterocycles. The third-order valence-electron chi connectivity index (χ3n) is 3.65.